The second-order valence-electron chi connectivity index (χ2n) is 8.97. The SMILES string of the molecule is CCOC(=O)c1nc(-c2cc(Oc3ccc4c(c3)nc(Nc3cc(C(F)(F)F)ccc3Cl)n4C)ccn2)[nH]c1C(F)(F)F. The fourth-order valence-corrected chi connectivity index (χ4v) is 4.22. The molecule has 16 heteroatoms. The summed E-state index contributed by atoms with van der Waals surface area (Å²) in [5.41, 5.74) is -2.18. The predicted octanol–water partition coefficient (Wildman–Crippen LogP) is 7.76. The molecule has 0 amide bonds. The highest BCUT2D eigenvalue weighted by atomic mass is 35.5. The zero-order valence-electron chi connectivity index (χ0n) is 22.1. The summed E-state index contributed by atoms with van der Waals surface area (Å²) < 4.78 is 92.3. The van der Waals surface area contributed by atoms with Gasteiger partial charge < -0.3 is 24.3 Å². The number of nitrogens with one attached hydrogen (secondary N) is 2. The van der Waals surface area contributed by atoms with Crippen LogP contribution >= 0.6 is 11.6 Å². The molecule has 3 aromatic heterocycles. The Hall–Kier alpha value is -4.79. The van der Waals surface area contributed by atoms with Crippen molar-refractivity contribution >= 4 is 40.2 Å². The third-order valence-electron chi connectivity index (χ3n) is 6.06. The van der Waals surface area contributed by atoms with E-state index in [1.165, 1.54) is 25.3 Å². The van der Waals surface area contributed by atoms with Crippen LogP contribution in [0.5, 0.6) is 11.5 Å². The largest absolute Gasteiger partial charge is 0.461 e. The van der Waals surface area contributed by atoms with Gasteiger partial charge in [0.05, 0.1) is 33.9 Å². The number of halogens is 7. The number of hydrogen-bond donors (Lipinski definition) is 2. The Kier molecular flexibility index (Phi) is 7.69. The van der Waals surface area contributed by atoms with Crippen molar-refractivity contribution < 1.29 is 40.6 Å². The highest BCUT2D eigenvalue weighted by Crippen LogP contribution is 2.36. The Morgan fingerprint density at radius 2 is 1.74 bits per heavy atom. The zero-order valence-corrected chi connectivity index (χ0v) is 22.8. The maximum Gasteiger partial charge on any atom is 0.433 e. The number of pyridine rings is 1. The van der Waals surface area contributed by atoms with Crippen molar-refractivity contribution in [3.8, 4) is 23.0 Å². The highest BCUT2D eigenvalue weighted by Gasteiger charge is 2.40. The van der Waals surface area contributed by atoms with Crippen LogP contribution in [0, 0.1) is 0 Å². The van der Waals surface area contributed by atoms with Crippen molar-refractivity contribution in [2.75, 3.05) is 11.9 Å². The van der Waals surface area contributed by atoms with Crippen molar-refractivity contribution in [2.45, 2.75) is 19.3 Å². The Morgan fingerprint density at radius 1 is 1.00 bits per heavy atom. The van der Waals surface area contributed by atoms with Crippen molar-refractivity contribution in [3.63, 3.8) is 0 Å². The number of fused-ring (bicyclic) bond motifs is 1. The number of carbonyl (C=O) groups excluding carboxylic acids is 1. The number of anilines is 2. The number of aromatic amines is 1. The summed E-state index contributed by atoms with van der Waals surface area (Å²) in [6, 6.07) is 10.5. The van der Waals surface area contributed by atoms with E-state index in [9.17, 15) is 31.1 Å². The van der Waals surface area contributed by atoms with E-state index < -0.39 is 35.3 Å². The van der Waals surface area contributed by atoms with Gasteiger partial charge in [-0.3, -0.25) is 4.98 Å². The average Bonchev–Trinajstić information content (AvgIpc) is 3.52. The van der Waals surface area contributed by atoms with Gasteiger partial charge in [-0.1, -0.05) is 11.6 Å². The number of alkyl halides is 6. The molecule has 9 nitrogen and oxygen atoms in total. The van der Waals surface area contributed by atoms with Gasteiger partial charge in [0.15, 0.2) is 17.2 Å². The topological polar surface area (TPSA) is 107 Å². The van der Waals surface area contributed by atoms with E-state index in [0.29, 0.717) is 11.0 Å². The van der Waals surface area contributed by atoms with Crippen molar-refractivity contribution in [3.05, 3.63) is 76.7 Å². The number of H-pyrrole nitrogens is 1. The molecule has 0 spiro atoms. The fraction of sp³-hybridized carbons (Fsp3) is 0.185. The maximum absolute atomic E-state index is 13.5. The molecule has 0 radical (unpaired) electrons. The number of aryl methyl sites for hydroxylation is 1. The Bertz CT molecular complexity index is 1830. The van der Waals surface area contributed by atoms with Crippen molar-refractivity contribution in [1.29, 1.82) is 0 Å². The molecule has 5 rings (SSSR count). The van der Waals surface area contributed by atoms with Crippen molar-refractivity contribution in [2.24, 2.45) is 7.05 Å². The third kappa shape index (κ3) is 6.21. The van der Waals surface area contributed by atoms with E-state index >= 15 is 0 Å². The molecule has 3 heterocycles. The van der Waals surface area contributed by atoms with Gasteiger partial charge >= 0.3 is 18.3 Å². The second-order valence-corrected chi connectivity index (χ2v) is 9.38. The second kappa shape index (κ2) is 11.1. The van der Waals surface area contributed by atoms with Crippen LogP contribution in [0.1, 0.15) is 28.7 Å². The number of ether oxygens (including phenoxy) is 2. The first-order valence-electron chi connectivity index (χ1n) is 12.3. The van der Waals surface area contributed by atoms with E-state index in [1.807, 2.05) is 0 Å². The minimum Gasteiger partial charge on any atom is -0.461 e. The average molecular weight is 625 g/mol. The number of rotatable bonds is 7. The molecule has 0 fully saturated rings. The van der Waals surface area contributed by atoms with E-state index in [2.05, 4.69) is 30.0 Å². The lowest BCUT2D eigenvalue weighted by atomic mass is 10.2. The van der Waals surface area contributed by atoms with Crippen LogP contribution in [-0.4, -0.2) is 37.1 Å². The molecule has 2 N–H and O–H groups in total. The molecule has 43 heavy (non-hydrogen) atoms. The normalized spacial score (nSPS) is 12.0. The Labute approximate surface area is 243 Å². The van der Waals surface area contributed by atoms with Crippen LogP contribution in [-0.2, 0) is 24.1 Å². The van der Waals surface area contributed by atoms with E-state index in [4.69, 9.17) is 16.3 Å². The standard InChI is InChI=1S/C27H19ClF6N6O3/c1-3-42-24(41)21-22(27(32,33)34)39-23(38-21)19-12-15(8-9-35-19)43-14-5-7-20-18(11-14)37-25(40(20)2)36-17-10-13(26(29,30)31)4-6-16(17)28/h4-12H,3H2,1-2H3,(H,36,37)(H,38,39). The number of nitrogens with zero attached hydrogens (tertiary/aromatic N) is 4. The van der Waals surface area contributed by atoms with E-state index in [0.717, 1.165) is 18.2 Å². The molecule has 0 aliphatic carbocycles. The molecular formula is C27H19ClF6N6O3. The minimum atomic E-state index is -4.90. The minimum absolute atomic E-state index is 0.00778. The molecule has 5 aromatic rings. The summed E-state index contributed by atoms with van der Waals surface area (Å²) in [6.45, 7) is 1.31. The number of hydrogen-bond acceptors (Lipinski definition) is 7. The first kappa shape index (κ1) is 29.7. The lowest BCUT2D eigenvalue weighted by molar-refractivity contribution is -0.141. The molecule has 2 aromatic carbocycles. The molecule has 0 aliphatic rings. The van der Waals surface area contributed by atoms with Gasteiger partial charge in [0, 0.05) is 25.4 Å². The van der Waals surface area contributed by atoms with Gasteiger partial charge in [-0.15, -0.1) is 0 Å². The number of carbonyl (C=O) groups is 1. The molecular weight excluding hydrogens is 606 g/mol. The van der Waals surface area contributed by atoms with E-state index in [-0.39, 0.29) is 46.3 Å². The van der Waals surface area contributed by atoms with Gasteiger partial charge in [0.25, 0.3) is 0 Å². The Morgan fingerprint density at radius 3 is 2.44 bits per heavy atom. The third-order valence-corrected chi connectivity index (χ3v) is 6.39. The predicted molar refractivity (Wildman–Crippen MR) is 143 cm³/mol. The first-order chi connectivity index (χ1) is 20.2. The van der Waals surface area contributed by atoms with Gasteiger partial charge in [0.1, 0.15) is 17.2 Å². The molecule has 0 unspecified atom stereocenters. The zero-order chi connectivity index (χ0) is 31.1. The molecule has 224 valence electrons. The van der Waals surface area contributed by atoms with Crippen LogP contribution < -0.4 is 10.1 Å². The summed E-state index contributed by atoms with van der Waals surface area (Å²) in [6.07, 6.45) is -8.18. The number of imidazole rings is 2. The van der Waals surface area contributed by atoms with E-state index in [1.54, 1.807) is 29.8 Å². The van der Waals surface area contributed by atoms with Crippen LogP contribution in [0.4, 0.5) is 38.0 Å². The number of benzene rings is 2. The summed E-state index contributed by atoms with van der Waals surface area (Å²) in [7, 11) is 1.65. The smallest absolute Gasteiger partial charge is 0.433 e. The van der Waals surface area contributed by atoms with Crippen LogP contribution in [0.25, 0.3) is 22.6 Å². The molecule has 0 atom stereocenters. The Balaban J connectivity index is 1.41. The summed E-state index contributed by atoms with van der Waals surface area (Å²) in [5.74, 6) is -0.899. The summed E-state index contributed by atoms with van der Waals surface area (Å²) in [5, 5.41) is 2.88. The summed E-state index contributed by atoms with van der Waals surface area (Å²) in [4.78, 5) is 26.4. The van der Waals surface area contributed by atoms with Gasteiger partial charge in [-0.25, -0.2) is 14.8 Å². The van der Waals surface area contributed by atoms with Crippen LogP contribution in [0.3, 0.4) is 0 Å². The van der Waals surface area contributed by atoms with Crippen LogP contribution in [0.15, 0.2) is 54.7 Å². The first-order valence-corrected chi connectivity index (χ1v) is 12.7. The maximum atomic E-state index is 13.5. The number of aromatic nitrogens is 5. The van der Waals surface area contributed by atoms with Gasteiger partial charge in [-0.2, -0.15) is 26.3 Å². The van der Waals surface area contributed by atoms with Crippen LogP contribution in [0.2, 0.25) is 5.02 Å². The molecule has 0 saturated heterocycles. The fourth-order valence-electron chi connectivity index (χ4n) is 4.06. The summed E-state index contributed by atoms with van der Waals surface area (Å²) >= 11 is 6.10. The van der Waals surface area contributed by atoms with Gasteiger partial charge in [0.2, 0.25) is 5.95 Å². The van der Waals surface area contributed by atoms with Crippen molar-refractivity contribution in [1.82, 2.24) is 24.5 Å². The highest BCUT2D eigenvalue weighted by molar-refractivity contribution is 6.33. The quantitative estimate of drug-likeness (QED) is 0.141. The monoisotopic (exact) mass is 624 g/mol. The molecule has 0 bridgehead atoms. The van der Waals surface area contributed by atoms with Gasteiger partial charge in [-0.05, 0) is 43.3 Å². The lowest BCUT2D eigenvalue weighted by Crippen LogP contribution is -2.15. The lowest BCUT2D eigenvalue weighted by Gasteiger charge is -2.12. The number of esters is 1. The molecule has 0 saturated carbocycles. The molecule has 0 aliphatic heterocycles.